The molecule has 0 fully saturated rings. The van der Waals surface area contributed by atoms with Crippen LogP contribution >= 0.6 is 0 Å². The van der Waals surface area contributed by atoms with Gasteiger partial charge in [-0.05, 0) is 17.7 Å². The van der Waals surface area contributed by atoms with Gasteiger partial charge >= 0.3 is 5.69 Å². The van der Waals surface area contributed by atoms with Crippen LogP contribution in [0.4, 0.5) is 0 Å². The maximum atomic E-state index is 13.0. The first-order chi connectivity index (χ1) is 13.2. The minimum absolute atomic E-state index is 0.0934. The summed E-state index contributed by atoms with van der Waals surface area (Å²) < 4.78 is 12.6. The molecule has 1 aliphatic heterocycles. The molecule has 8 heteroatoms. The van der Waals surface area contributed by atoms with Gasteiger partial charge in [-0.25, -0.2) is 9.89 Å². The Bertz CT molecular complexity index is 946. The number of carbonyl (C=O) groups excluding carboxylic acids is 1. The molecular weight excluding hydrogens is 348 g/mol. The summed E-state index contributed by atoms with van der Waals surface area (Å²) in [4.78, 5) is 26.5. The Hall–Kier alpha value is -3.13. The molecule has 140 valence electrons. The summed E-state index contributed by atoms with van der Waals surface area (Å²) >= 11 is 0. The zero-order valence-electron chi connectivity index (χ0n) is 14.7. The predicted molar refractivity (Wildman–Crippen MR) is 95.6 cm³/mol. The van der Waals surface area contributed by atoms with Gasteiger partial charge in [0.25, 0.3) is 0 Å². The number of carbonyl (C=O) groups is 1. The van der Waals surface area contributed by atoms with Gasteiger partial charge in [0.1, 0.15) is 11.9 Å². The van der Waals surface area contributed by atoms with Crippen LogP contribution in [0.3, 0.4) is 0 Å². The van der Waals surface area contributed by atoms with Gasteiger partial charge in [-0.1, -0.05) is 30.3 Å². The van der Waals surface area contributed by atoms with Crippen molar-refractivity contribution in [1.82, 2.24) is 19.7 Å². The first-order valence-corrected chi connectivity index (χ1v) is 8.81. The molecule has 3 aromatic rings. The van der Waals surface area contributed by atoms with Crippen molar-refractivity contribution in [1.29, 1.82) is 0 Å². The van der Waals surface area contributed by atoms with Gasteiger partial charge in [0.2, 0.25) is 5.91 Å². The van der Waals surface area contributed by atoms with Crippen LogP contribution in [0.1, 0.15) is 29.7 Å². The highest BCUT2D eigenvalue weighted by Gasteiger charge is 2.29. The molecule has 0 bridgehead atoms. The molecule has 0 saturated heterocycles. The summed E-state index contributed by atoms with van der Waals surface area (Å²) in [6.45, 7) is 1.64. The van der Waals surface area contributed by atoms with E-state index in [1.807, 2.05) is 36.4 Å². The van der Waals surface area contributed by atoms with Crippen LogP contribution in [0.2, 0.25) is 0 Å². The number of H-pyrrole nitrogens is 1. The molecule has 1 unspecified atom stereocenters. The first-order valence-electron chi connectivity index (χ1n) is 8.81. The van der Waals surface area contributed by atoms with Gasteiger partial charge in [0, 0.05) is 6.54 Å². The lowest BCUT2D eigenvalue weighted by atomic mass is 10.1. The Labute approximate surface area is 155 Å². The molecule has 1 amide bonds. The minimum Gasteiger partial charge on any atom is -0.467 e. The van der Waals surface area contributed by atoms with E-state index < -0.39 is 6.10 Å². The highest BCUT2D eigenvalue weighted by Crippen LogP contribution is 2.24. The third kappa shape index (κ3) is 3.85. The van der Waals surface area contributed by atoms with E-state index in [0.717, 1.165) is 5.56 Å². The third-order valence-corrected chi connectivity index (χ3v) is 4.57. The largest absolute Gasteiger partial charge is 0.467 e. The van der Waals surface area contributed by atoms with E-state index in [4.69, 9.17) is 9.15 Å². The summed E-state index contributed by atoms with van der Waals surface area (Å²) in [5.74, 6) is 1.09. The number of hydrogen-bond acceptors (Lipinski definition) is 5. The number of aromatic nitrogens is 3. The topological polar surface area (TPSA) is 93.4 Å². The van der Waals surface area contributed by atoms with Crippen molar-refractivity contribution >= 4 is 5.91 Å². The van der Waals surface area contributed by atoms with Crippen LogP contribution in [-0.2, 0) is 29.2 Å². The molecule has 1 N–H and O–H groups in total. The van der Waals surface area contributed by atoms with E-state index in [1.54, 1.807) is 17.2 Å². The highest BCUT2D eigenvalue weighted by molar-refractivity contribution is 5.76. The Morgan fingerprint density at radius 2 is 2.07 bits per heavy atom. The van der Waals surface area contributed by atoms with Crippen LogP contribution in [0.15, 0.2) is 57.9 Å². The third-order valence-electron chi connectivity index (χ3n) is 4.57. The molecule has 0 radical (unpaired) electrons. The number of ether oxygens (including phenoxy) is 1. The zero-order valence-corrected chi connectivity index (χ0v) is 14.7. The van der Waals surface area contributed by atoms with Gasteiger partial charge in [0.05, 0.1) is 32.4 Å². The summed E-state index contributed by atoms with van der Waals surface area (Å²) in [7, 11) is 0. The lowest BCUT2D eigenvalue weighted by Gasteiger charge is -2.26. The maximum absolute atomic E-state index is 13.0. The van der Waals surface area contributed by atoms with Crippen molar-refractivity contribution in [3.05, 3.63) is 76.4 Å². The highest BCUT2D eigenvalue weighted by atomic mass is 16.5. The number of nitrogens with one attached hydrogen (secondary N) is 1. The average molecular weight is 368 g/mol. The minimum atomic E-state index is -0.542. The molecule has 8 nitrogen and oxygen atoms in total. The molecule has 1 atom stereocenters. The number of amides is 1. The summed E-state index contributed by atoms with van der Waals surface area (Å²) in [5, 5.41) is 6.45. The smallest absolute Gasteiger partial charge is 0.343 e. The van der Waals surface area contributed by atoms with Gasteiger partial charge in [-0.3, -0.25) is 9.36 Å². The quantitative estimate of drug-likeness (QED) is 0.717. The number of aromatic amines is 1. The monoisotopic (exact) mass is 368 g/mol. The molecule has 27 heavy (non-hydrogen) atoms. The molecule has 0 aliphatic carbocycles. The van der Waals surface area contributed by atoms with E-state index in [2.05, 4.69) is 10.2 Å². The number of furan rings is 1. The van der Waals surface area contributed by atoms with Crippen molar-refractivity contribution in [2.24, 2.45) is 0 Å². The average Bonchev–Trinajstić information content (AvgIpc) is 3.33. The van der Waals surface area contributed by atoms with Crippen LogP contribution in [0, 0.1) is 0 Å². The zero-order chi connectivity index (χ0) is 18.6. The molecule has 4 rings (SSSR count). The van der Waals surface area contributed by atoms with Gasteiger partial charge in [0.15, 0.2) is 5.82 Å². The van der Waals surface area contributed by atoms with E-state index >= 15 is 0 Å². The SMILES string of the molecule is O=C(CC1OCCn2c1n[nH]c2=O)N(Cc1ccccc1)Cc1ccco1. The number of hydrogen-bond donors (Lipinski definition) is 1. The molecule has 1 aromatic carbocycles. The van der Waals surface area contributed by atoms with Gasteiger partial charge in [-0.15, -0.1) is 0 Å². The van der Waals surface area contributed by atoms with Crippen molar-refractivity contribution < 1.29 is 13.9 Å². The van der Waals surface area contributed by atoms with Crippen LogP contribution in [0.5, 0.6) is 0 Å². The molecular formula is C19H20N4O4. The van der Waals surface area contributed by atoms with Crippen molar-refractivity contribution in [3.8, 4) is 0 Å². The fraction of sp³-hybridized carbons (Fsp3) is 0.316. The second-order valence-corrected chi connectivity index (χ2v) is 6.42. The number of fused-ring (bicyclic) bond motifs is 1. The maximum Gasteiger partial charge on any atom is 0.343 e. The van der Waals surface area contributed by atoms with E-state index in [9.17, 15) is 9.59 Å². The molecule has 2 aromatic heterocycles. The number of benzene rings is 1. The van der Waals surface area contributed by atoms with Crippen LogP contribution in [-0.4, -0.2) is 32.2 Å². The Morgan fingerprint density at radius 1 is 1.22 bits per heavy atom. The standard InChI is InChI=1S/C19H20N4O4/c24-17(11-16-18-20-21-19(25)23(18)8-10-27-16)22(13-15-7-4-9-26-15)12-14-5-2-1-3-6-14/h1-7,9,16H,8,10-13H2,(H,21,25). The van der Waals surface area contributed by atoms with Crippen molar-refractivity contribution in [2.45, 2.75) is 32.2 Å². The van der Waals surface area contributed by atoms with Crippen LogP contribution < -0.4 is 5.69 Å². The van der Waals surface area contributed by atoms with E-state index in [0.29, 0.717) is 37.8 Å². The first kappa shape index (κ1) is 17.3. The Morgan fingerprint density at radius 3 is 2.85 bits per heavy atom. The number of rotatable bonds is 6. The van der Waals surface area contributed by atoms with Gasteiger partial charge < -0.3 is 14.1 Å². The normalized spacial score (nSPS) is 16.1. The second-order valence-electron chi connectivity index (χ2n) is 6.42. The number of nitrogens with zero attached hydrogens (tertiary/aromatic N) is 3. The molecule has 0 saturated carbocycles. The lowest BCUT2D eigenvalue weighted by Crippen LogP contribution is -2.34. The van der Waals surface area contributed by atoms with Crippen LogP contribution in [0.25, 0.3) is 0 Å². The molecule has 0 spiro atoms. The lowest BCUT2D eigenvalue weighted by molar-refractivity contribution is -0.136. The summed E-state index contributed by atoms with van der Waals surface area (Å²) in [6.07, 6.45) is 1.16. The Kier molecular flexibility index (Phi) is 4.88. The molecule has 1 aliphatic rings. The second kappa shape index (κ2) is 7.63. The fourth-order valence-corrected chi connectivity index (χ4v) is 3.22. The van der Waals surface area contributed by atoms with Crippen molar-refractivity contribution in [2.75, 3.05) is 6.61 Å². The van der Waals surface area contributed by atoms with Crippen molar-refractivity contribution in [3.63, 3.8) is 0 Å². The molecule has 3 heterocycles. The van der Waals surface area contributed by atoms with E-state index in [1.165, 1.54) is 4.57 Å². The van der Waals surface area contributed by atoms with Gasteiger partial charge in [-0.2, -0.15) is 5.10 Å². The predicted octanol–water partition coefficient (Wildman–Crippen LogP) is 1.85. The summed E-state index contributed by atoms with van der Waals surface area (Å²) in [5.41, 5.74) is 0.751. The fourth-order valence-electron chi connectivity index (χ4n) is 3.22. The summed E-state index contributed by atoms with van der Waals surface area (Å²) in [6, 6.07) is 13.4. The Balaban J connectivity index is 1.52. The van der Waals surface area contributed by atoms with E-state index in [-0.39, 0.29) is 18.0 Å².